The number of nitro groups is 1. The molecule has 0 bridgehead atoms. The Hall–Kier alpha value is -2.02. The molecule has 0 saturated carbocycles. The van der Waals surface area contributed by atoms with Crippen LogP contribution in [0.25, 0.3) is 5.69 Å². The Morgan fingerprint density at radius 1 is 1.56 bits per heavy atom. The third-order valence-corrected chi connectivity index (χ3v) is 2.53. The lowest BCUT2D eigenvalue weighted by Gasteiger charge is -2.02. The minimum atomic E-state index is -0.747. The molecule has 2 aromatic rings. The number of halogens is 2. The van der Waals surface area contributed by atoms with E-state index in [-0.39, 0.29) is 11.4 Å². The van der Waals surface area contributed by atoms with Crippen molar-refractivity contribution >= 4 is 17.3 Å². The molecule has 1 atom stereocenters. The van der Waals surface area contributed by atoms with Gasteiger partial charge in [-0.25, -0.2) is 9.07 Å². The average Bonchev–Trinajstić information content (AvgIpc) is 2.77. The molecule has 0 saturated heterocycles. The summed E-state index contributed by atoms with van der Waals surface area (Å²) in [4.78, 5) is 10.2. The molecule has 94 valence electrons. The van der Waals surface area contributed by atoms with Crippen LogP contribution in [-0.4, -0.2) is 19.9 Å². The first-order valence-electron chi connectivity index (χ1n) is 5.00. The molecule has 1 unspecified atom stereocenters. The maximum Gasteiger partial charge on any atom is 0.297 e. The molecule has 1 heterocycles. The number of rotatable bonds is 3. The van der Waals surface area contributed by atoms with E-state index in [0.29, 0.717) is 5.69 Å². The van der Waals surface area contributed by atoms with Crippen molar-refractivity contribution in [3.8, 4) is 5.69 Å². The van der Waals surface area contributed by atoms with Crippen LogP contribution in [0.4, 0.5) is 10.1 Å². The van der Waals surface area contributed by atoms with E-state index < -0.39 is 16.1 Å². The number of hydrogen-bond donors (Lipinski definition) is 0. The zero-order valence-corrected chi connectivity index (χ0v) is 10.0. The SMILES string of the molecule is CC(Cl)c1cn(-c2c(F)cccc2[N+](=O)[O-])nn1. The second-order valence-electron chi connectivity index (χ2n) is 3.57. The minimum Gasteiger partial charge on any atom is -0.258 e. The number of hydrogen-bond acceptors (Lipinski definition) is 4. The van der Waals surface area contributed by atoms with E-state index in [1.807, 2.05) is 0 Å². The molecule has 0 radical (unpaired) electrons. The fraction of sp³-hybridized carbons (Fsp3) is 0.200. The Labute approximate surface area is 106 Å². The van der Waals surface area contributed by atoms with Gasteiger partial charge in [-0.2, -0.15) is 0 Å². The van der Waals surface area contributed by atoms with E-state index >= 15 is 0 Å². The van der Waals surface area contributed by atoms with Crippen molar-refractivity contribution in [3.05, 3.63) is 46.0 Å². The van der Waals surface area contributed by atoms with Crippen LogP contribution in [0.15, 0.2) is 24.4 Å². The first kappa shape index (κ1) is 12.4. The van der Waals surface area contributed by atoms with Gasteiger partial charge in [-0.15, -0.1) is 16.7 Å². The summed E-state index contributed by atoms with van der Waals surface area (Å²) in [7, 11) is 0. The molecule has 0 spiro atoms. The lowest BCUT2D eigenvalue weighted by Crippen LogP contribution is -2.03. The van der Waals surface area contributed by atoms with Crippen molar-refractivity contribution < 1.29 is 9.31 Å². The van der Waals surface area contributed by atoms with Gasteiger partial charge in [0.15, 0.2) is 11.5 Å². The summed E-state index contributed by atoms with van der Waals surface area (Å²) in [6.07, 6.45) is 1.36. The van der Waals surface area contributed by atoms with Crippen LogP contribution in [0.1, 0.15) is 18.0 Å². The fourth-order valence-electron chi connectivity index (χ4n) is 1.45. The lowest BCUT2D eigenvalue weighted by atomic mass is 10.2. The first-order chi connectivity index (χ1) is 8.50. The highest BCUT2D eigenvalue weighted by atomic mass is 35.5. The normalized spacial score (nSPS) is 12.4. The molecule has 1 aromatic heterocycles. The van der Waals surface area contributed by atoms with Gasteiger partial charge in [0.2, 0.25) is 0 Å². The number of nitro benzene ring substituents is 1. The number of nitrogens with zero attached hydrogens (tertiary/aromatic N) is 4. The number of benzene rings is 1. The summed E-state index contributed by atoms with van der Waals surface area (Å²) in [5.41, 5.74) is -0.221. The van der Waals surface area contributed by atoms with Gasteiger partial charge in [0, 0.05) is 6.07 Å². The average molecular weight is 271 g/mol. The molecule has 0 fully saturated rings. The van der Waals surface area contributed by atoms with Crippen molar-refractivity contribution in [3.63, 3.8) is 0 Å². The zero-order chi connectivity index (χ0) is 13.3. The van der Waals surface area contributed by atoms with E-state index in [1.165, 1.54) is 18.3 Å². The fourth-order valence-corrected chi connectivity index (χ4v) is 1.55. The highest BCUT2D eigenvalue weighted by Gasteiger charge is 2.21. The third-order valence-electron chi connectivity index (χ3n) is 2.31. The lowest BCUT2D eigenvalue weighted by molar-refractivity contribution is -0.384. The predicted octanol–water partition coefficient (Wildman–Crippen LogP) is 2.61. The van der Waals surface area contributed by atoms with E-state index in [1.54, 1.807) is 6.92 Å². The largest absolute Gasteiger partial charge is 0.297 e. The topological polar surface area (TPSA) is 73.8 Å². The number of aromatic nitrogens is 3. The van der Waals surface area contributed by atoms with Gasteiger partial charge in [-0.1, -0.05) is 11.3 Å². The number of para-hydroxylation sites is 1. The van der Waals surface area contributed by atoms with Crippen molar-refractivity contribution in [2.45, 2.75) is 12.3 Å². The maximum absolute atomic E-state index is 13.7. The summed E-state index contributed by atoms with van der Waals surface area (Å²) < 4.78 is 14.7. The molecule has 0 aliphatic carbocycles. The first-order valence-corrected chi connectivity index (χ1v) is 5.44. The summed E-state index contributed by atoms with van der Waals surface area (Å²) in [6.45, 7) is 1.67. The van der Waals surface area contributed by atoms with Crippen molar-refractivity contribution in [1.82, 2.24) is 15.0 Å². The molecule has 2 rings (SSSR count). The zero-order valence-electron chi connectivity index (χ0n) is 9.25. The monoisotopic (exact) mass is 270 g/mol. The molecule has 0 N–H and O–H groups in total. The van der Waals surface area contributed by atoms with E-state index in [4.69, 9.17) is 11.6 Å². The Morgan fingerprint density at radius 2 is 2.28 bits per heavy atom. The Kier molecular flexibility index (Phi) is 3.24. The summed E-state index contributed by atoms with van der Waals surface area (Å²) in [5, 5.41) is 17.8. The van der Waals surface area contributed by atoms with Gasteiger partial charge in [0.25, 0.3) is 5.69 Å². The summed E-state index contributed by atoms with van der Waals surface area (Å²) >= 11 is 5.80. The molecule has 0 aliphatic heterocycles. The van der Waals surface area contributed by atoms with Crippen LogP contribution >= 0.6 is 11.6 Å². The van der Waals surface area contributed by atoms with Gasteiger partial charge in [0.05, 0.1) is 16.5 Å². The molecule has 18 heavy (non-hydrogen) atoms. The van der Waals surface area contributed by atoms with Gasteiger partial charge in [-0.05, 0) is 13.0 Å². The molecule has 0 aliphatic rings. The second-order valence-corrected chi connectivity index (χ2v) is 4.22. The smallest absolute Gasteiger partial charge is 0.258 e. The molecule has 0 amide bonds. The van der Waals surface area contributed by atoms with Crippen molar-refractivity contribution in [2.75, 3.05) is 0 Å². The van der Waals surface area contributed by atoms with Crippen molar-refractivity contribution in [1.29, 1.82) is 0 Å². The molecule has 8 heteroatoms. The van der Waals surface area contributed by atoms with Crippen LogP contribution in [0, 0.1) is 15.9 Å². The second kappa shape index (κ2) is 4.69. The molecule has 6 nitrogen and oxygen atoms in total. The van der Waals surface area contributed by atoms with Crippen LogP contribution in [-0.2, 0) is 0 Å². The van der Waals surface area contributed by atoms with Crippen LogP contribution in [0.2, 0.25) is 0 Å². The highest BCUT2D eigenvalue weighted by molar-refractivity contribution is 6.20. The van der Waals surface area contributed by atoms with Gasteiger partial charge < -0.3 is 0 Å². The quantitative estimate of drug-likeness (QED) is 0.488. The molecular formula is C10H8ClFN4O2. The van der Waals surface area contributed by atoms with E-state index in [9.17, 15) is 14.5 Å². The van der Waals surface area contributed by atoms with Gasteiger partial charge in [-0.3, -0.25) is 10.1 Å². The van der Waals surface area contributed by atoms with E-state index in [2.05, 4.69) is 10.3 Å². The standard InChI is InChI=1S/C10H8ClFN4O2/c1-6(11)8-5-15(14-13-8)10-7(12)3-2-4-9(10)16(17)18/h2-6H,1H3. The molecule has 1 aromatic carbocycles. The van der Waals surface area contributed by atoms with Gasteiger partial charge >= 0.3 is 0 Å². The maximum atomic E-state index is 13.7. The van der Waals surface area contributed by atoms with E-state index in [0.717, 1.165) is 10.7 Å². The molecular weight excluding hydrogens is 263 g/mol. The van der Waals surface area contributed by atoms with Crippen LogP contribution in [0.3, 0.4) is 0 Å². The highest BCUT2D eigenvalue weighted by Crippen LogP contribution is 2.26. The number of alkyl halides is 1. The summed E-state index contributed by atoms with van der Waals surface area (Å²) in [5.74, 6) is -0.747. The third kappa shape index (κ3) is 2.17. The predicted molar refractivity (Wildman–Crippen MR) is 62.2 cm³/mol. The van der Waals surface area contributed by atoms with Crippen LogP contribution < -0.4 is 0 Å². The minimum absolute atomic E-state index is 0.251. The Morgan fingerprint density at radius 3 is 2.83 bits per heavy atom. The summed E-state index contributed by atoms with van der Waals surface area (Å²) in [6, 6.07) is 3.58. The van der Waals surface area contributed by atoms with Crippen molar-refractivity contribution in [2.24, 2.45) is 0 Å². The van der Waals surface area contributed by atoms with Crippen LogP contribution in [0.5, 0.6) is 0 Å². The van der Waals surface area contributed by atoms with Gasteiger partial charge in [0.1, 0.15) is 5.69 Å². The Bertz CT molecular complexity index is 599. The Balaban J connectivity index is 2.58.